The third-order valence-electron chi connectivity index (χ3n) is 5.44. The molecular weight excluding hydrogens is 354 g/mol. The Balaban J connectivity index is 1.75. The van der Waals surface area contributed by atoms with Gasteiger partial charge in [0.25, 0.3) is 0 Å². The molecule has 0 bridgehead atoms. The van der Waals surface area contributed by atoms with Gasteiger partial charge in [-0.05, 0) is 54.3 Å². The number of thiophene rings is 1. The van der Waals surface area contributed by atoms with Crippen LogP contribution in [0.25, 0.3) is 10.1 Å². The number of guanidine groups is 1. The van der Waals surface area contributed by atoms with Gasteiger partial charge in [-0.1, -0.05) is 30.5 Å². The maximum atomic E-state index is 12.3. The summed E-state index contributed by atoms with van der Waals surface area (Å²) in [5.74, 6) is 1.14. The number of nitrogens with two attached hydrogens (primary N) is 1. The Morgan fingerprint density at radius 2 is 2.20 bits per heavy atom. The van der Waals surface area contributed by atoms with Crippen molar-refractivity contribution >= 4 is 44.9 Å². The van der Waals surface area contributed by atoms with Crippen molar-refractivity contribution in [3.63, 3.8) is 0 Å². The van der Waals surface area contributed by atoms with Crippen LogP contribution in [0.3, 0.4) is 0 Å². The standard InChI is InChI=1S/C19H22ClN3OS/c1-19(10-16(24)23(2)18(21)22-19)12-6-8-15-14(9-12)13(17(20)25-15)7-5-11-3-4-11/h6,8-9,11H,3-5,7,10H2,1-2H3,(H2,21,22)/t19-/m0/s1. The van der Waals surface area contributed by atoms with Crippen LogP contribution in [-0.4, -0.2) is 23.8 Å². The molecule has 4 rings (SSSR count). The number of hydrogen-bond donors (Lipinski definition) is 1. The van der Waals surface area contributed by atoms with Crippen molar-refractivity contribution in [2.75, 3.05) is 7.05 Å². The van der Waals surface area contributed by atoms with Crippen molar-refractivity contribution in [2.24, 2.45) is 16.6 Å². The van der Waals surface area contributed by atoms with E-state index in [2.05, 4.69) is 23.2 Å². The zero-order valence-corrected chi connectivity index (χ0v) is 16.1. The second kappa shape index (κ2) is 5.99. The molecule has 1 aromatic heterocycles. The van der Waals surface area contributed by atoms with Crippen molar-refractivity contribution in [3.05, 3.63) is 33.7 Å². The highest BCUT2D eigenvalue weighted by Crippen LogP contribution is 2.42. The maximum absolute atomic E-state index is 12.3. The van der Waals surface area contributed by atoms with E-state index in [1.807, 2.05) is 6.92 Å². The van der Waals surface area contributed by atoms with Gasteiger partial charge in [0.1, 0.15) is 0 Å². The van der Waals surface area contributed by atoms with Crippen molar-refractivity contribution in [3.8, 4) is 0 Å². The molecule has 1 aromatic carbocycles. The first-order chi connectivity index (χ1) is 11.9. The number of fused-ring (bicyclic) bond motifs is 1. The molecule has 6 heteroatoms. The van der Waals surface area contributed by atoms with Gasteiger partial charge in [-0.15, -0.1) is 11.3 Å². The fourth-order valence-electron chi connectivity index (χ4n) is 3.52. The summed E-state index contributed by atoms with van der Waals surface area (Å²) in [6, 6.07) is 6.31. The first kappa shape index (κ1) is 16.9. The minimum absolute atomic E-state index is 0.00703. The van der Waals surface area contributed by atoms with E-state index in [4.69, 9.17) is 17.3 Å². The number of rotatable bonds is 4. The fraction of sp³-hybridized carbons (Fsp3) is 0.474. The normalized spacial score (nSPS) is 24.0. The van der Waals surface area contributed by atoms with Crippen LogP contribution in [0.15, 0.2) is 23.2 Å². The number of carbonyl (C=O) groups excluding carboxylic acids is 1. The van der Waals surface area contributed by atoms with Gasteiger partial charge in [0.05, 0.1) is 16.3 Å². The number of hydrogen-bond acceptors (Lipinski definition) is 4. The van der Waals surface area contributed by atoms with E-state index < -0.39 is 5.54 Å². The van der Waals surface area contributed by atoms with Gasteiger partial charge in [-0.3, -0.25) is 9.69 Å². The summed E-state index contributed by atoms with van der Waals surface area (Å²) in [4.78, 5) is 18.3. The molecular formula is C19H22ClN3OS. The molecule has 2 aliphatic rings. The fourth-order valence-corrected chi connectivity index (χ4v) is 4.92. The van der Waals surface area contributed by atoms with E-state index in [0.29, 0.717) is 6.42 Å². The lowest BCUT2D eigenvalue weighted by atomic mass is 9.86. The highest BCUT2D eigenvalue weighted by atomic mass is 35.5. The van der Waals surface area contributed by atoms with E-state index >= 15 is 0 Å². The number of benzene rings is 1. The minimum Gasteiger partial charge on any atom is -0.369 e. The number of aliphatic imine (C=N–C) groups is 1. The molecule has 2 N–H and O–H groups in total. The Morgan fingerprint density at radius 3 is 2.88 bits per heavy atom. The second-order valence-corrected chi connectivity index (χ2v) is 9.07. The lowest BCUT2D eigenvalue weighted by Crippen LogP contribution is -2.47. The van der Waals surface area contributed by atoms with Gasteiger partial charge in [0.15, 0.2) is 5.96 Å². The first-order valence-electron chi connectivity index (χ1n) is 8.71. The van der Waals surface area contributed by atoms with Crippen LogP contribution < -0.4 is 5.73 Å². The predicted molar refractivity (Wildman–Crippen MR) is 104 cm³/mol. The summed E-state index contributed by atoms with van der Waals surface area (Å²) in [7, 11) is 1.67. The minimum atomic E-state index is -0.621. The SMILES string of the molecule is CN1C(=O)C[C@@](C)(c2ccc3sc(Cl)c(CCC4CC4)c3c2)N=C1N. The van der Waals surface area contributed by atoms with Crippen molar-refractivity contribution in [2.45, 2.75) is 44.6 Å². The number of amides is 1. The summed E-state index contributed by atoms with van der Waals surface area (Å²) >= 11 is 8.16. The van der Waals surface area contributed by atoms with Crippen LogP contribution in [0.4, 0.5) is 0 Å². The summed E-state index contributed by atoms with van der Waals surface area (Å²) in [6.07, 6.45) is 5.27. The van der Waals surface area contributed by atoms with Gasteiger partial charge >= 0.3 is 0 Å². The molecule has 1 fully saturated rings. The summed E-state index contributed by atoms with van der Waals surface area (Å²) < 4.78 is 2.08. The molecule has 25 heavy (non-hydrogen) atoms. The summed E-state index contributed by atoms with van der Waals surface area (Å²) in [6.45, 7) is 1.98. The Morgan fingerprint density at radius 1 is 1.44 bits per heavy atom. The van der Waals surface area contributed by atoms with Crippen LogP contribution in [0.1, 0.15) is 43.7 Å². The maximum Gasteiger partial charge on any atom is 0.231 e. The molecule has 2 heterocycles. The number of halogens is 1. The van der Waals surface area contributed by atoms with E-state index in [-0.39, 0.29) is 11.9 Å². The molecule has 0 unspecified atom stereocenters. The summed E-state index contributed by atoms with van der Waals surface area (Å²) in [5, 5.41) is 1.20. The molecule has 1 saturated carbocycles. The van der Waals surface area contributed by atoms with Crippen molar-refractivity contribution in [1.82, 2.24) is 4.90 Å². The van der Waals surface area contributed by atoms with Gasteiger partial charge in [0.2, 0.25) is 5.91 Å². The van der Waals surface area contributed by atoms with Crippen LogP contribution in [-0.2, 0) is 16.8 Å². The molecule has 2 aromatic rings. The summed E-state index contributed by atoms with van der Waals surface area (Å²) in [5.41, 5.74) is 7.60. The van der Waals surface area contributed by atoms with Crippen LogP contribution in [0.5, 0.6) is 0 Å². The molecule has 4 nitrogen and oxygen atoms in total. The predicted octanol–water partition coefficient (Wildman–Crippen LogP) is 4.29. The average molecular weight is 376 g/mol. The largest absolute Gasteiger partial charge is 0.369 e. The van der Waals surface area contributed by atoms with Crippen molar-refractivity contribution < 1.29 is 4.79 Å². The Kier molecular flexibility index (Phi) is 4.04. The van der Waals surface area contributed by atoms with Gasteiger partial charge < -0.3 is 5.73 Å². The van der Waals surface area contributed by atoms with E-state index in [0.717, 1.165) is 22.2 Å². The third kappa shape index (κ3) is 3.04. The van der Waals surface area contributed by atoms with Crippen LogP contribution >= 0.6 is 22.9 Å². The average Bonchev–Trinajstić information content (AvgIpc) is 3.33. The molecule has 0 spiro atoms. The monoisotopic (exact) mass is 375 g/mol. The van der Waals surface area contributed by atoms with Crippen molar-refractivity contribution in [1.29, 1.82) is 0 Å². The zero-order valence-electron chi connectivity index (χ0n) is 14.5. The van der Waals surface area contributed by atoms with Crippen LogP contribution in [0, 0.1) is 5.92 Å². The Hall–Kier alpha value is -1.59. The van der Waals surface area contributed by atoms with E-state index in [9.17, 15) is 4.79 Å². The topological polar surface area (TPSA) is 58.7 Å². The number of nitrogens with zero attached hydrogens (tertiary/aromatic N) is 2. The quantitative estimate of drug-likeness (QED) is 0.866. The molecule has 1 atom stereocenters. The third-order valence-corrected chi connectivity index (χ3v) is 6.90. The molecule has 132 valence electrons. The lowest BCUT2D eigenvalue weighted by Gasteiger charge is -2.33. The van der Waals surface area contributed by atoms with E-state index in [1.165, 1.54) is 39.8 Å². The molecule has 0 saturated heterocycles. The first-order valence-corrected chi connectivity index (χ1v) is 9.90. The Labute approximate surface area is 156 Å². The molecule has 0 radical (unpaired) electrons. The van der Waals surface area contributed by atoms with Crippen LogP contribution in [0.2, 0.25) is 4.34 Å². The highest BCUT2D eigenvalue weighted by molar-refractivity contribution is 7.22. The zero-order chi connectivity index (χ0) is 17.8. The lowest BCUT2D eigenvalue weighted by molar-refractivity contribution is -0.128. The van der Waals surface area contributed by atoms with Gasteiger partial charge in [-0.2, -0.15) is 0 Å². The molecule has 1 amide bonds. The highest BCUT2D eigenvalue weighted by Gasteiger charge is 2.36. The van der Waals surface area contributed by atoms with E-state index in [1.54, 1.807) is 18.4 Å². The van der Waals surface area contributed by atoms with Gasteiger partial charge in [-0.25, -0.2) is 4.99 Å². The smallest absolute Gasteiger partial charge is 0.231 e. The Bertz CT molecular complexity index is 886. The molecule has 1 aliphatic carbocycles. The number of aryl methyl sites for hydroxylation is 1. The van der Waals surface area contributed by atoms with Gasteiger partial charge in [0, 0.05) is 11.7 Å². The number of carbonyl (C=O) groups is 1. The second-order valence-electron chi connectivity index (χ2n) is 7.42. The molecule has 1 aliphatic heterocycles.